The van der Waals surface area contributed by atoms with Crippen LogP contribution in [0.1, 0.15) is 87.8 Å². The predicted molar refractivity (Wildman–Crippen MR) is 344 cm³/mol. The Kier molecular flexibility index (Phi) is 15.5. The number of hydrogen-bond acceptors (Lipinski definition) is 12. The molecule has 16 heteroatoms. The van der Waals surface area contributed by atoms with Gasteiger partial charge in [0.1, 0.15) is 46.0 Å². The van der Waals surface area contributed by atoms with Crippen molar-refractivity contribution in [3.63, 3.8) is 0 Å². The van der Waals surface area contributed by atoms with E-state index < -0.39 is 69.4 Å². The van der Waals surface area contributed by atoms with E-state index in [9.17, 15) is 38.4 Å². The Hall–Kier alpha value is -11.5. The van der Waals surface area contributed by atoms with Crippen molar-refractivity contribution >= 4 is 70.0 Å². The maximum atomic E-state index is 12.6. The highest BCUT2D eigenvalue weighted by atomic mass is 16.5. The molecular weight excluding hydrogens is 1150 g/mol. The molecule has 0 aliphatic carbocycles. The molecule has 0 bridgehead atoms. The van der Waals surface area contributed by atoms with Crippen LogP contribution in [0.5, 0.6) is 46.0 Å². The van der Waals surface area contributed by atoms with Gasteiger partial charge in [-0.15, -0.1) is 0 Å². The third kappa shape index (κ3) is 11.9. The van der Waals surface area contributed by atoms with E-state index in [-0.39, 0.29) is 0 Å². The number of rotatable bonds is 17. The smallest absolute Gasteiger partial charge is 0.258 e. The largest absolute Gasteiger partial charge is 0.457 e. The zero-order valence-electron chi connectivity index (χ0n) is 50.7. The quantitative estimate of drug-likeness (QED) is 0.0787. The van der Waals surface area contributed by atoms with Crippen LogP contribution >= 0.6 is 0 Å². The number of benzene rings is 8. The van der Waals surface area contributed by atoms with Crippen molar-refractivity contribution in [3.05, 3.63) is 264 Å². The molecule has 0 atom stereocenters. The lowest BCUT2D eigenvalue weighted by Gasteiger charge is -2.41. The number of ether oxygens (including phenoxy) is 4. The van der Waals surface area contributed by atoms with Gasteiger partial charge in [-0.05, 0) is 167 Å². The summed E-state index contributed by atoms with van der Waals surface area (Å²) in [5.41, 5.74) is 5.13. The van der Waals surface area contributed by atoms with Gasteiger partial charge < -0.3 is 18.9 Å². The molecule has 4 aliphatic heterocycles. The summed E-state index contributed by atoms with van der Waals surface area (Å²) in [7, 11) is 0. The van der Waals surface area contributed by atoms with E-state index in [2.05, 4.69) is 72.7 Å². The molecule has 4 heterocycles. The fraction of sp³-hybridized carbons (Fsp3) is 0.147. The molecule has 0 saturated carbocycles. The number of carbonyl (C=O) groups excluding carboxylic acids is 8. The normalized spacial score (nSPS) is 15.0. The van der Waals surface area contributed by atoms with Gasteiger partial charge in [-0.3, -0.25) is 38.4 Å². The van der Waals surface area contributed by atoms with E-state index in [1.165, 1.54) is 48.6 Å². The second-order valence-electron chi connectivity index (χ2n) is 24.5. The number of imide groups is 4. The summed E-state index contributed by atoms with van der Waals surface area (Å²) in [4.78, 5) is 105. The highest BCUT2D eigenvalue weighted by Gasteiger charge is 2.42. The molecule has 4 aliphatic rings. The maximum Gasteiger partial charge on any atom is 0.258 e. The first-order valence-electron chi connectivity index (χ1n) is 29.4. The fourth-order valence-electron chi connectivity index (χ4n) is 11.7. The highest BCUT2D eigenvalue weighted by Crippen LogP contribution is 2.52. The maximum absolute atomic E-state index is 12.6. The first-order chi connectivity index (χ1) is 43.5. The van der Waals surface area contributed by atoms with Crippen molar-refractivity contribution in [2.75, 3.05) is 19.6 Å². The summed E-state index contributed by atoms with van der Waals surface area (Å²) in [6.07, 6.45) is 9.90. The molecule has 0 N–H and O–H groups in total. The van der Waals surface area contributed by atoms with Gasteiger partial charge >= 0.3 is 0 Å². The van der Waals surface area contributed by atoms with Crippen LogP contribution in [0.4, 0.5) is 22.7 Å². The summed E-state index contributed by atoms with van der Waals surface area (Å²) < 4.78 is 26.3. The standard InChI is InChI=1S/C75H60N4O12/c1-73(2,3)60-44-46(8-34-62(60)90-58-30-18-52(19-31-58)78-68(84)40-41-69(78)85)72(47-9-35-63(61(45-47)74(4,5)6)91-59-32-20-53(21-33-59)79-70(86)42-43-71(79)87)75(7,48-10-22-54(23-11-48)88-56-26-14-50(15-27-56)76-64(80)36-37-65(76)81)49-12-24-55(25-13-49)89-57-28-16-51(17-29-57)77-66(82)38-39-67(77)83/h8-45,72H,1-7H3. The fourth-order valence-corrected chi connectivity index (χ4v) is 11.7. The molecule has 8 aromatic rings. The minimum absolute atomic E-state index is 0.414. The van der Waals surface area contributed by atoms with Gasteiger partial charge in [0.15, 0.2) is 0 Å². The molecule has 0 saturated heterocycles. The van der Waals surface area contributed by atoms with Crippen molar-refractivity contribution in [3.8, 4) is 46.0 Å². The van der Waals surface area contributed by atoms with Gasteiger partial charge in [0.25, 0.3) is 47.3 Å². The Labute approximate surface area is 525 Å². The minimum Gasteiger partial charge on any atom is -0.457 e. The van der Waals surface area contributed by atoms with Crippen LogP contribution in [0.3, 0.4) is 0 Å². The monoisotopic (exact) mass is 1210 g/mol. The van der Waals surface area contributed by atoms with Gasteiger partial charge in [0.2, 0.25) is 0 Å². The third-order valence-electron chi connectivity index (χ3n) is 16.3. The van der Waals surface area contributed by atoms with Crippen LogP contribution in [0.25, 0.3) is 0 Å². The Bertz CT molecular complexity index is 4070. The van der Waals surface area contributed by atoms with E-state index >= 15 is 0 Å². The predicted octanol–water partition coefficient (Wildman–Crippen LogP) is 14.3. The first kappa shape index (κ1) is 59.8. The van der Waals surface area contributed by atoms with Crippen LogP contribution in [-0.2, 0) is 54.6 Å². The van der Waals surface area contributed by atoms with Crippen molar-refractivity contribution < 1.29 is 57.3 Å². The molecule has 12 rings (SSSR count). The Balaban J connectivity index is 0.971. The average molecular weight is 1210 g/mol. The minimum atomic E-state index is -0.953. The van der Waals surface area contributed by atoms with Crippen LogP contribution in [0.2, 0.25) is 0 Å². The molecule has 0 radical (unpaired) electrons. The van der Waals surface area contributed by atoms with Crippen LogP contribution in [0, 0.1) is 0 Å². The summed E-state index contributed by atoms with van der Waals surface area (Å²) in [6.45, 7) is 14.9. The topological polar surface area (TPSA) is 186 Å². The molecule has 0 aromatic heterocycles. The highest BCUT2D eigenvalue weighted by molar-refractivity contribution is 6.30. The number of anilines is 4. The number of amides is 8. The van der Waals surface area contributed by atoms with Gasteiger partial charge in [0.05, 0.1) is 22.7 Å². The molecule has 452 valence electrons. The number of carbonyl (C=O) groups is 8. The zero-order valence-corrected chi connectivity index (χ0v) is 50.7. The molecule has 16 nitrogen and oxygen atoms in total. The molecule has 8 aromatic carbocycles. The van der Waals surface area contributed by atoms with E-state index in [1.54, 1.807) is 97.1 Å². The first-order valence-corrected chi connectivity index (χ1v) is 29.4. The Morgan fingerprint density at radius 3 is 0.725 bits per heavy atom. The van der Waals surface area contributed by atoms with Gasteiger partial charge in [-0.2, -0.15) is 0 Å². The van der Waals surface area contributed by atoms with Crippen molar-refractivity contribution in [2.24, 2.45) is 0 Å². The van der Waals surface area contributed by atoms with Gasteiger partial charge in [0, 0.05) is 71.1 Å². The van der Waals surface area contributed by atoms with Crippen LogP contribution in [-0.4, -0.2) is 47.3 Å². The SMILES string of the molecule is CC(C)(C)c1cc(C(c2ccc(Oc3ccc(N4C(=O)C=CC4=O)cc3)c(C(C)(C)C)c2)C(C)(c2ccc(Oc3ccc(N4C(=O)C=CC4=O)cc3)cc2)c2ccc(Oc3ccc(N4C(=O)C=CC4=O)cc3)cc2)ccc1Oc1ccc(N2C(=O)C=CC2=O)cc1. The second-order valence-corrected chi connectivity index (χ2v) is 24.5. The third-order valence-corrected chi connectivity index (χ3v) is 16.3. The van der Waals surface area contributed by atoms with Gasteiger partial charge in [-0.1, -0.05) is 97.0 Å². The number of nitrogens with zero attached hydrogens (tertiary/aromatic N) is 4. The van der Waals surface area contributed by atoms with E-state index in [4.69, 9.17) is 18.9 Å². The van der Waals surface area contributed by atoms with E-state index in [0.717, 1.165) is 53.0 Å². The molecular formula is C75H60N4O12. The lowest BCUT2D eigenvalue weighted by molar-refractivity contribution is -0.121. The average Bonchev–Trinajstić information content (AvgIpc) is 1.61. The molecule has 8 amide bonds. The van der Waals surface area contributed by atoms with Gasteiger partial charge in [-0.25, -0.2) is 19.6 Å². The summed E-state index contributed by atoms with van der Waals surface area (Å²) in [5.74, 6) is 0.272. The second kappa shape index (κ2) is 23.5. The van der Waals surface area contributed by atoms with Crippen LogP contribution < -0.4 is 38.5 Å². The lowest BCUT2D eigenvalue weighted by Crippen LogP contribution is -2.33. The van der Waals surface area contributed by atoms with E-state index in [0.29, 0.717) is 68.7 Å². The summed E-state index contributed by atoms with van der Waals surface area (Å²) >= 11 is 0. The molecule has 0 fully saturated rings. The zero-order chi connectivity index (χ0) is 64.1. The lowest BCUT2D eigenvalue weighted by atomic mass is 9.62. The van der Waals surface area contributed by atoms with E-state index in [1.807, 2.05) is 60.7 Å². The van der Waals surface area contributed by atoms with Crippen molar-refractivity contribution in [2.45, 2.75) is 70.6 Å². The summed E-state index contributed by atoms with van der Waals surface area (Å²) in [6, 6.07) is 55.3. The molecule has 0 unspecified atom stereocenters. The number of hydrogen-bond donors (Lipinski definition) is 0. The van der Waals surface area contributed by atoms with Crippen molar-refractivity contribution in [1.29, 1.82) is 0 Å². The molecule has 0 spiro atoms. The summed E-state index contributed by atoms with van der Waals surface area (Å²) in [5, 5.41) is 0. The Morgan fingerprint density at radius 1 is 0.275 bits per heavy atom. The Morgan fingerprint density at radius 2 is 0.495 bits per heavy atom. The van der Waals surface area contributed by atoms with Crippen LogP contribution in [0.15, 0.2) is 231 Å². The van der Waals surface area contributed by atoms with Crippen molar-refractivity contribution in [1.82, 2.24) is 0 Å². The molecule has 91 heavy (non-hydrogen) atoms.